The number of nitrogens with one attached hydrogen (secondary N) is 1. The molecule has 7 heteroatoms. The van der Waals surface area contributed by atoms with Crippen molar-refractivity contribution in [3.63, 3.8) is 0 Å². The maximum atomic E-state index is 12.4. The summed E-state index contributed by atoms with van der Waals surface area (Å²) in [7, 11) is -3.43. The molecule has 0 aliphatic heterocycles. The van der Waals surface area contributed by atoms with Crippen LogP contribution in [0, 0.1) is 0 Å². The molecular formula is C12H24N4O2S. The summed E-state index contributed by atoms with van der Waals surface area (Å²) in [5.74, 6) is 0. The van der Waals surface area contributed by atoms with Crippen LogP contribution in [0.3, 0.4) is 0 Å². The van der Waals surface area contributed by atoms with Crippen molar-refractivity contribution in [1.29, 1.82) is 0 Å². The molecule has 1 aromatic heterocycles. The van der Waals surface area contributed by atoms with Gasteiger partial charge in [-0.05, 0) is 20.4 Å². The summed E-state index contributed by atoms with van der Waals surface area (Å²) in [5.41, 5.74) is 0. The van der Waals surface area contributed by atoms with Crippen LogP contribution in [0.4, 0.5) is 0 Å². The smallest absolute Gasteiger partial charge is 0.246 e. The Bertz CT molecular complexity index is 482. The fourth-order valence-electron chi connectivity index (χ4n) is 1.92. The molecule has 0 aromatic carbocycles. The molecule has 1 aromatic rings. The van der Waals surface area contributed by atoms with E-state index in [1.807, 2.05) is 27.7 Å². The van der Waals surface area contributed by atoms with E-state index in [1.165, 1.54) is 10.5 Å². The van der Waals surface area contributed by atoms with Crippen LogP contribution in [0.2, 0.25) is 0 Å². The van der Waals surface area contributed by atoms with Gasteiger partial charge in [-0.15, -0.1) is 0 Å². The van der Waals surface area contributed by atoms with Gasteiger partial charge in [0.05, 0.1) is 12.7 Å². The van der Waals surface area contributed by atoms with E-state index in [1.54, 1.807) is 10.9 Å². The number of sulfonamides is 1. The number of hydrogen-bond acceptors (Lipinski definition) is 4. The lowest BCUT2D eigenvalue weighted by molar-refractivity contribution is 0.369. The van der Waals surface area contributed by atoms with Crippen molar-refractivity contribution in [2.24, 2.45) is 0 Å². The van der Waals surface area contributed by atoms with Crippen LogP contribution in [-0.4, -0.2) is 48.2 Å². The quantitative estimate of drug-likeness (QED) is 0.722. The predicted molar refractivity (Wildman–Crippen MR) is 75.5 cm³/mol. The van der Waals surface area contributed by atoms with E-state index in [2.05, 4.69) is 10.4 Å². The topological polar surface area (TPSA) is 67.2 Å². The summed E-state index contributed by atoms with van der Waals surface area (Å²) < 4.78 is 27.9. The van der Waals surface area contributed by atoms with Crippen molar-refractivity contribution >= 4 is 10.0 Å². The third-order valence-electron chi connectivity index (χ3n) is 2.87. The van der Waals surface area contributed by atoms with Crippen molar-refractivity contribution in [1.82, 2.24) is 19.4 Å². The lowest BCUT2D eigenvalue weighted by Gasteiger charge is -2.23. The van der Waals surface area contributed by atoms with Gasteiger partial charge in [-0.1, -0.05) is 13.8 Å². The van der Waals surface area contributed by atoms with Crippen LogP contribution in [-0.2, 0) is 16.6 Å². The van der Waals surface area contributed by atoms with Crippen LogP contribution < -0.4 is 5.32 Å². The SMILES string of the molecule is CCNCCn1cc(S(=O)(=O)N(CC)C(C)C)cn1. The van der Waals surface area contributed by atoms with E-state index in [-0.39, 0.29) is 10.9 Å². The van der Waals surface area contributed by atoms with Gasteiger partial charge in [0.2, 0.25) is 10.0 Å². The molecule has 0 saturated carbocycles. The van der Waals surface area contributed by atoms with Gasteiger partial charge >= 0.3 is 0 Å². The first-order valence-corrected chi connectivity index (χ1v) is 8.12. The molecule has 0 amide bonds. The van der Waals surface area contributed by atoms with Gasteiger partial charge < -0.3 is 5.32 Å². The molecule has 0 spiro atoms. The van der Waals surface area contributed by atoms with Crippen LogP contribution in [0.15, 0.2) is 17.3 Å². The highest BCUT2D eigenvalue weighted by molar-refractivity contribution is 7.89. The van der Waals surface area contributed by atoms with Crippen LogP contribution in [0.5, 0.6) is 0 Å². The van der Waals surface area contributed by atoms with E-state index in [0.717, 1.165) is 13.1 Å². The fourth-order valence-corrected chi connectivity index (χ4v) is 3.52. The number of hydrogen-bond donors (Lipinski definition) is 1. The summed E-state index contributed by atoms with van der Waals surface area (Å²) >= 11 is 0. The van der Waals surface area contributed by atoms with Gasteiger partial charge in [0.15, 0.2) is 0 Å². The Morgan fingerprint density at radius 1 is 1.42 bits per heavy atom. The van der Waals surface area contributed by atoms with Gasteiger partial charge in [-0.25, -0.2) is 8.42 Å². The van der Waals surface area contributed by atoms with Crippen molar-refractivity contribution < 1.29 is 8.42 Å². The molecule has 0 radical (unpaired) electrons. The number of nitrogens with zero attached hydrogens (tertiary/aromatic N) is 3. The lowest BCUT2D eigenvalue weighted by atomic mass is 10.4. The average molecular weight is 288 g/mol. The Balaban J connectivity index is 2.84. The molecule has 0 bridgehead atoms. The van der Waals surface area contributed by atoms with E-state index < -0.39 is 10.0 Å². The minimum absolute atomic E-state index is 0.0555. The second-order valence-electron chi connectivity index (χ2n) is 4.59. The summed E-state index contributed by atoms with van der Waals surface area (Å²) in [6.45, 7) is 10.4. The molecule has 1 N–H and O–H groups in total. The summed E-state index contributed by atoms with van der Waals surface area (Å²) in [4.78, 5) is 0.263. The lowest BCUT2D eigenvalue weighted by Crippen LogP contribution is -2.36. The first kappa shape index (κ1) is 16.1. The number of aromatic nitrogens is 2. The third-order valence-corrected chi connectivity index (χ3v) is 4.98. The first-order chi connectivity index (χ1) is 8.93. The minimum Gasteiger partial charge on any atom is -0.315 e. The molecule has 0 unspecified atom stereocenters. The highest BCUT2D eigenvalue weighted by atomic mass is 32.2. The maximum absolute atomic E-state index is 12.4. The van der Waals surface area contributed by atoms with Crippen molar-refractivity contribution in [2.75, 3.05) is 19.6 Å². The zero-order valence-electron chi connectivity index (χ0n) is 12.1. The monoisotopic (exact) mass is 288 g/mol. The first-order valence-electron chi connectivity index (χ1n) is 6.68. The van der Waals surface area contributed by atoms with Crippen LogP contribution in [0.25, 0.3) is 0 Å². The Kier molecular flexibility index (Phi) is 5.96. The Morgan fingerprint density at radius 3 is 2.63 bits per heavy atom. The molecular weight excluding hydrogens is 264 g/mol. The Morgan fingerprint density at radius 2 is 2.11 bits per heavy atom. The van der Waals surface area contributed by atoms with Gasteiger partial charge in [0, 0.05) is 25.3 Å². The van der Waals surface area contributed by atoms with Crippen LogP contribution in [0.1, 0.15) is 27.7 Å². The largest absolute Gasteiger partial charge is 0.315 e. The summed E-state index contributed by atoms with van der Waals surface area (Å²) in [6.07, 6.45) is 3.02. The minimum atomic E-state index is -3.43. The summed E-state index contributed by atoms with van der Waals surface area (Å²) in [6, 6.07) is -0.0555. The molecule has 0 aliphatic rings. The fraction of sp³-hybridized carbons (Fsp3) is 0.750. The van der Waals surface area contributed by atoms with Gasteiger partial charge in [-0.3, -0.25) is 4.68 Å². The van der Waals surface area contributed by atoms with Gasteiger partial charge in [0.1, 0.15) is 4.90 Å². The highest BCUT2D eigenvalue weighted by Crippen LogP contribution is 2.17. The van der Waals surface area contributed by atoms with Gasteiger partial charge in [-0.2, -0.15) is 9.40 Å². The maximum Gasteiger partial charge on any atom is 0.246 e. The van der Waals surface area contributed by atoms with E-state index >= 15 is 0 Å². The number of likely N-dealkylation sites (N-methyl/N-ethyl adjacent to an activating group) is 1. The highest BCUT2D eigenvalue weighted by Gasteiger charge is 2.26. The normalized spacial score (nSPS) is 12.5. The molecule has 110 valence electrons. The molecule has 0 aliphatic carbocycles. The van der Waals surface area contributed by atoms with Crippen LogP contribution >= 0.6 is 0 Å². The van der Waals surface area contributed by atoms with Crippen molar-refractivity contribution in [3.8, 4) is 0 Å². The standard InChI is InChI=1S/C12H24N4O2S/c1-5-13-7-8-15-10-12(9-14-15)19(17,18)16(6-2)11(3)4/h9-11,13H,5-8H2,1-4H3. The van der Waals surface area contributed by atoms with Gasteiger partial charge in [0.25, 0.3) is 0 Å². The van der Waals surface area contributed by atoms with Crippen molar-refractivity contribution in [2.45, 2.75) is 45.2 Å². The van der Waals surface area contributed by atoms with Crippen molar-refractivity contribution in [3.05, 3.63) is 12.4 Å². The molecule has 19 heavy (non-hydrogen) atoms. The van der Waals surface area contributed by atoms with E-state index in [9.17, 15) is 8.42 Å². The summed E-state index contributed by atoms with van der Waals surface area (Å²) in [5, 5.41) is 7.28. The van der Waals surface area contributed by atoms with E-state index in [0.29, 0.717) is 13.1 Å². The second kappa shape index (κ2) is 7.02. The molecule has 6 nitrogen and oxygen atoms in total. The molecule has 0 fully saturated rings. The third kappa shape index (κ3) is 4.02. The second-order valence-corrected chi connectivity index (χ2v) is 6.49. The zero-order valence-corrected chi connectivity index (χ0v) is 12.9. The zero-order chi connectivity index (χ0) is 14.5. The van der Waals surface area contributed by atoms with E-state index in [4.69, 9.17) is 0 Å². The Hall–Kier alpha value is -0.920. The average Bonchev–Trinajstić information content (AvgIpc) is 2.78. The number of rotatable bonds is 8. The molecule has 1 heterocycles. The molecule has 0 atom stereocenters. The predicted octanol–water partition coefficient (Wildman–Crippen LogP) is 0.912. The Labute approximate surface area is 115 Å². The molecule has 0 saturated heterocycles. The molecule has 1 rings (SSSR count).